The number of carbonyl (C=O) groups is 3. The highest BCUT2D eigenvalue weighted by molar-refractivity contribution is 5.98. The number of aliphatic carboxylic acids is 1. The molecular weight excluding hydrogens is 441 g/mol. The van der Waals surface area contributed by atoms with E-state index in [0.717, 1.165) is 5.56 Å². The van der Waals surface area contributed by atoms with Crippen LogP contribution in [-0.4, -0.2) is 43.0 Å². The van der Waals surface area contributed by atoms with Gasteiger partial charge >= 0.3 is 5.97 Å². The van der Waals surface area contributed by atoms with E-state index < -0.39 is 22.8 Å². The summed E-state index contributed by atoms with van der Waals surface area (Å²) in [5.74, 6) is -1.96. The normalized spacial score (nSPS) is 23.6. The van der Waals surface area contributed by atoms with Gasteiger partial charge in [-0.3, -0.25) is 14.4 Å². The molecule has 1 aromatic carbocycles. The maximum absolute atomic E-state index is 13.3. The minimum atomic E-state index is -0.754. The number of benzene rings is 1. The lowest BCUT2D eigenvalue weighted by molar-refractivity contribution is -0.156. The van der Waals surface area contributed by atoms with Crippen molar-refractivity contribution in [3.8, 4) is 0 Å². The molecule has 0 aliphatic heterocycles. The van der Waals surface area contributed by atoms with Crippen LogP contribution < -0.4 is 10.6 Å². The van der Waals surface area contributed by atoms with Gasteiger partial charge in [0.25, 0.3) is 11.8 Å². The van der Waals surface area contributed by atoms with Crippen molar-refractivity contribution in [1.82, 2.24) is 25.2 Å². The number of hydrogen-bond donors (Lipinski definition) is 3. The molecule has 2 amide bonds. The van der Waals surface area contributed by atoms with Crippen molar-refractivity contribution in [1.29, 1.82) is 0 Å². The van der Waals surface area contributed by atoms with Gasteiger partial charge in [-0.2, -0.15) is 5.10 Å². The number of fused-ring (bicyclic) bond motifs is 4. The Morgan fingerprint density at radius 3 is 2.32 bits per heavy atom. The summed E-state index contributed by atoms with van der Waals surface area (Å²) in [5.41, 5.74) is 0.196. The fourth-order valence-corrected chi connectivity index (χ4v) is 5.07. The minimum absolute atomic E-state index is 0.0648. The molecule has 176 valence electrons. The van der Waals surface area contributed by atoms with Crippen molar-refractivity contribution in [2.75, 3.05) is 0 Å². The van der Waals surface area contributed by atoms with Crippen LogP contribution in [0.3, 0.4) is 0 Å². The highest BCUT2D eigenvalue weighted by atomic mass is 19.1. The molecule has 10 heteroatoms. The molecule has 0 radical (unpaired) electrons. The highest BCUT2D eigenvalue weighted by Gasteiger charge is 2.53. The zero-order chi connectivity index (χ0) is 23.9. The Bertz CT molecular complexity index is 1260. The lowest BCUT2D eigenvalue weighted by Crippen LogP contribution is -2.58. The quantitative estimate of drug-likeness (QED) is 0.514. The van der Waals surface area contributed by atoms with Crippen LogP contribution in [0.25, 0.3) is 5.65 Å². The average Bonchev–Trinajstić information content (AvgIpc) is 3.32. The summed E-state index contributed by atoms with van der Waals surface area (Å²) in [7, 11) is 0. The molecule has 0 atom stereocenters. The van der Waals surface area contributed by atoms with Crippen LogP contribution in [0.5, 0.6) is 0 Å². The molecule has 2 aromatic heterocycles. The molecule has 3 fully saturated rings. The van der Waals surface area contributed by atoms with E-state index >= 15 is 0 Å². The molecule has 34 heavy (non-hydrogen) atoms. The minimum Gasteiger partial charge on any atom is -0.481 e. The molecule has 6 rings (SSSR count). The van der Waals surface area contributed by atoms with Gasteiger partial charge in [0, 0.05) is 24.2 Å². The van der Waals surface area contributed by atoms with Crippen LogP contribution in [-0.2, 0) is 11.3 Å². The Kier molecular flexibility index (Phi) is 5.30. The number of halogens is 1. The number of carbonyl (C=O) groups excluding carboxylic acids is 2. The predicted octanol–water partition coefficient (Wildman–Crippen LogP) is 2.71. The SMILES string of the molecule is O=C(NCc1ccc(F)cc1)c1cc(C(=O)NC23CCC(C(=O)O)(CC2)CC3)n2nccc2n1. The molecule has 9 nitrogen and oxygen atoms in total. The maximum atomic E-state index is 13.3. The van der Waals surface area contributed by atoms with Crippen molar-refractivity contribution < 1.29 is 23.9 Å². The zero-order valence-electron chi connectivity index (χ0n) is 18.4. The molecular formula is C24H24FN5O4. The number of aromatic nitrogens is 3. The van der Waals surface area contributed by atoms with E-state index in [9.17, 15) is 23.9 Å². The first kappa shape index (κ1) is 22.0. The van der Waals surface area contributed by atoms with E-state index in [2.05, 4.69) is 20.7 Å². The summed E-state index contributed by atoms with van der Waals surface area (Å²) in [4.78, 5) is 42.1. The molecule has 3 N–H and O–H groups in total. The van der Waals surface area contributed by atoms with E-state index in [1.165, 1.54) is 28.9 Å². The fraction of sp³-hybridized carbons (Fsp3) is 0.375. The number of nitrogens with zero attached hydrogens (tertiary/aromatic N) is 3. The number of amides is 2. The first-order valence-corrected chi connectivity index (χ1v) is 11.2. The van der Waals surface area contributed by atoms with Gasteiger partial charge in [-0.1, -0.05) is 12.1 Å². The zero-order valence-corrected chi connectivity index (χ0v) is 18.4. The third kappa shape index (κ3) is 3.89. The lowest BCUT2D eigenvalue weighted by atomic mass is 9.57. The van der Waals surface area contributed by atoms with Gasteiger partial charge in [-0.15, -0.1) is 0 Å². The van der Waals surface area contributed by atoms with Gasteiger partial charge in [-0.25, -0.2) is 13.9 Å². The molecule has 3 aliphatic carbocycles. The molecule has 3 saturated carbocycles. The lowest BCUT2D eigenvalue weighted by Gasteiger charge is -2.51. The predicted molar refractivity (Wildman–Crippen MR) is 119 cm³/mol. The molecule has 2 bridgehead atoms. The highest BCUT2D eigenvalue weighted by Crippen LogP contribution is 2.52. The number of rotatable bonds is 6. The van der Waals surface area contributed by atoms with Gasteiger partial charge < -0.3 is 15.7 Å². The third-order valence-corrected chi connectivity index (χ3v) is 7.27. The van der Waals surface area contributed by atoms with E-state index in [0.29, 0.717) is 44.2 Å². The molecule has 0 unspecified atom stereocenters. The van der Waals surface area contributed by atoms with Gasteiger partial charge in [0.05, 0.1) is 11.6 Å². The number of carboxylic acids is 1. The van der Waals surface area contributed by atoms with Crippen LogP contribution in [0.1, 0.15) is 65.1 Å². The Labute approximate surface area is 194 Å². The van der Waals surface area contributed by atoms with Gasteiger partial charge in [0.1, 0.15) is 17.2 Å². The summed E-state index contributed by atoms with van der Waals surface area (Å²) in [6.07, 6.45) is 4.91. The topological polar surface area (TPSA) is 126 Å². The van der Waals surface area contributed by atoms with Crippen molar-refractivity contribution >= 4 is 23.4 Å². The maximum Gasteiger partial charge on any atom is 0.309 e. The fourth-order valence-electron chi connectivity index (χ4n) is 5.07. The van der Waals surface area contributed by atoms with Crippen LogP contribution >= 0.6 is 0 Å². The Morgan fingerprint density at radius 2 is 1.68 bits per heavy atom. The standard InChI is InChI=1S/C24H24FN5O4/c25-16-3-1-15(2-4-16)14-26-20(31)17-13-18(30-19(28-17)5-12-27-30)21(32)29-24-9-6-23(7-10-24,8-11-24)22(33)34/h1-5,12-13H,6-11,14H2,(H,26,31)(H,29,32)(H,33,34). The van der Waals surface area contributed by atoms with Crippen molar-refractivity contribution in [3.05, 3.63) is 65.4 Å². The van der Waals surface area contributed by atoms with E-state index in [4.69, 9.17) is 0 Å². The van der Waals surface area contributed by atoms with Gasteiger partial charge in [-0.05, 0) is 56.2 Å². The van der Waals surface area contributed by atoms with Crippen LogP contribution in [0.4, 0.5) is 4.39 Å². The summed E-state index contributed by atoms with van der Waals surface area (Å²) < 4.78 is 14.5. The second-order valence-corrected chi connectivity index (χ2v) is 9.26. The average molecular weight is 465 g/mol. The van der Waals surface area contributed by atoms with Crippen LogP contribution in [0.15, 0.2) is 42.6 Å². The van der Waals surface area contributed by atoms with Crippen molar-refractivity contribution in [3.63, 3.8) is 0 Å². The Balaban J connectivity index is 1.34. The van der Waals surface area contributed by atoms with E-state index in [1.54, 1.807) is 18.2 Å². The Morgan fingerprint density at radius 1 is 1.00 bits per heavy atom. The molecule has 0 saturated heterocycles. The number of carboxylic acid groups (broad SMARTS) is 1. The molecule has 3 aliphatic rings. The number of nitrogens with one attached hydrogen (secondary N) is 2. The number of hydrogen-bond acceptors (Lipinski definition) is 5. The van der Waals surface area contributed by atoms with Crippen LogP contribution in [0.2, 0.25) is 0 Å². The summed E-state index contributed by atoms with van der Waals surface area (Å²) >= 11 is 0. The third-order valence-electron chi connectivity index (χ3n) is 7.27. The van der Waals surface area contributed by atoms with Crippen molar-refractivity contribution in [2.24, 2.45) is 5.41 Å². The van der Waals surface area contributed by atoms with Gasteiger partial charge in [0.15, 0.2) is 5.65 Å². The van der Waals surface area contributed by atoms with Crippen LogP contribution in [0, 0.1) is 11.2 Å². The smallest absolute Gasteiger partial charge is 0.309 e. The van der Waals surface area contributed by atoms with E-state index in [1.807, 2.05) is 0 Å². The molecule has 0 spiro atoms. The van der Waals surface area contributed by atoms with E-state index in [-0.39, 0.29) is 29.7 Å². The summed E-state index contributed by atoms with van der Waals surface area (Å²) in [6.45, 7) is 0.182. The van der Waals surface area contributed by atoms with Gasteiger partial charge in [0.2, 0.25) is 0 Å². The first-order valence-electron chi connectivity index (χ1n) is 11.2. The second kappa shape index (κ2) is 8.19. The second-order valence-electron chi connectivity index (χ2n) is 9.26. The monoisotopic (exact) mass is 465 g/mol. The molecule has 3 aromatic rings. The molecule has 2 heterocycles. The van der Waals surface area contributed by atoms with Crippen molar-refractivity contribution in [2.45, 2.75) is 50.6 Å². The first-order chi connectivity index (χ1) is 16.3. The summed E-state index contributed by atoms with van der Waals surface area (Å²) in [6, 6.07) is 8.80. The largest absolute Gasteiger partial charge is 0.481 e. The summed E-state index contributed by atoms with van der Waals surface area (Å²) in [5, 5.41) is 19.6. The Hall–Kier alpha value is -3.82.